The van der Waals surface area contributed by atoms with E-state index in [1.165, 1.54) is 0 Å². The Morgan fingerprint density at radius 1 is 1.00 bits per heavy atom. The van der Waals surface area contributed by atoms with Gasteiger partial charge in [0.2, 0.25) is 17.7 Å². The molecule has 216 valence electrons. The van der Waals surface area contributed by atoms with Crippen molar-refractivity contribution in [1.29, 1.82) is 0 Å². The molecule has 9 heteroatoms. The molecule has 2 fully saturated rings. The van der Waals surface area contributed by atoms with Crippen LogP contribution in [0.25, 0.3) is 0 Å². The van der Waals surface area contributed by atoms with Crippen LogP contribution in [0.3, 0.4) is 0 Å². The summed E-state index contributed by atoms with van der Waals surface area (Å²) >= 11 is 1.61. The number of hydrogen-bond donors (Lipinski definition) is 1. The van der Waals surface area contributed by atoms with Crippen molar-refractivity contribution in [3.63, 3.8) is 0 Å². The maximum atomic E-state index is 14.3. The van der Waals surface area contributed by atoms with E-state index in [4.69, 9.17) is 4.74 Å². The second-order valence-corrected chi connectivity index (χ2v) is 13.5. The standard InChI is InChI=1S/C31H41N3O5S/c1-5-39-22-14-12-21(13-15-22)32-18-9-11-23-24(27(32)36)25-28(37)33(17-7-6-8-20-35)26-29(38)34(30(2,3)4)19-10-16-31(25,26)40-23/h9-16,23-26,35H,5-8,17-20H2,1-4H3/t23-,24+,25+,26?,31+/m1/s1. The Bertz CT molecular complexity index is 1190. The number of anilines is 1. The van der Waals surface area contributed by atoms with E-state index in [1.807, 2.05) is 69.0 Å². The lowest BCUT2D eigenvalue weighted by atomic mass is 9.78. The molecule has 0 aromatic heterocycles. The highest BCUT2D eigenvalue weighted by molar-refractivity contribution is 8.02. The number of thioether (sulfide) groups is 1. The Hall–Kier alpha value is -2.78. The van der Waals surface area contributed by atoms with Crippen molar-refractivity contribution < 1.29 is 24.2 Å². The number of fused-ring (bicyclic) bond motifs is 2. The zero-order valence-electron chi connectivity index (χ0n) is 23.9. The summed E-state index contributed by atoms with van der Waals surface area (Å²) in [5.41, 5.74) is 0.351. The third-order valence-corrected chi connectivity index (χ3v) is 10.2. The molecule has 5 atom stereocenters. The van der Waals surface area contributed by atoms with Crippen LogP contribution < -0.4 is 9.64 Å². The monoisotopic (exact) mass is 567 g/mol. The van der Waals surface area contributed by atoms with Crippen LogP contribution in [0.5, 0.6) is 5.75 Å². The fraction of sp³-hybridized carbons (Fsp3) is 0.581. The van der Waals surface area contributed by atoms with Crippen molar-refractivity contribution in [2.75, 3.05) is 37.7 Å². The number of amides is 3. The Balaban J connectivity index is 1.53. The quantitative estimate of drug-likeness (QED) is 0.381. The van der Waals surface area contributed by atoms with Gasteiger partial charge in [-0.05, 0) is 71.2 Å². The van der Waals surface area contributed by atoms with Crippen molar-refractivity contribution in [3.8, 4) is 5.75 Å². The number of rotatable bonds is 8. The predicted molar refractivity (Wildman–Crippen MR) is 157 cm³/mol. The summed E-state index contributed by atoms with van der Waals surface area (Å²) in [7, 11) is 0. The molecule has 0 aliphatic carbocycles. The second kappa shape index (κ2) is 11.2. The first kappa shape index (κ1) is 28.7. The first-order chi connectivity index (χ1) is 19.1. The van der Waals surface area contributed by atoms with Crippen molar-refractivity contribution in [3.05, 3.63) is 48.6 Å². The fourth-order valence-electron chi connectivity index (χ4n) is 6.67. The van der Waals surface area contributed by atoms with E-state index in [9.17, 15) is 19.5 Å². The van der Waals surface area contributed by atoms with Gasteiger partial charge in [0.1, 0.15) is 11.8 Å². The summed E-state index contributed by atoms with van der Waals surface area (Å²) in [6.45, 7) is 9.98. The smallest absolute Gasteiger partial charge is 0.247 e. The van der Waals surface area contributed by atoms with Gasteiger partial charge in [0.15, 0.2) is 0 Å². The number of aliphatic hydroxyl groups excluding tert-OH is 1. The van der Waals surface area contributed by atoms with Crippen LogP contribution in [0.2, 0.25) is 0 Å². The first-order valence-electron chi connectivity index (χ1n) is 14.4. The van der Waals surface area contributed by atoms with Gasteiger partial charge in [-0.1, -0.05) is 24.3 Å². The normalized spacial score (nSPS) is 29.8. The molecule has 40 heavy (non-hydrogen) atoms. The topological polar surface area (TPSA) is 90.4 Å². The van der Waals surface area contributed by atoms with E-state index < -0.39 is 28.2 Å². The van der Waals surface area contributed by atoms with Crippen LogP contribution >= 0.6 is 11.8 Å². The predicted octanol–water partition coefficient (Wildman–Crippen LogP) is 3.65. The summed E-state index contributed by atoms with van der Waals surface area (Å²) in [5.74, 6) is -0.719. The van der Waals surface area contributed by atoms with E-state index in [1.54, 1.807) is 21.6 Å². The molecule has 1 aromatic rings. The van der Waals surface area contributed by atoms with E-state index in [2.05, 4.69) is 12.2 Å². The van der Waals surface area contributed by atoms with Gasteiger partial charge in [-0.25, -0.2) is 0 Å². The SMILES string of the molecule is CCOc1ccc(N2CC=C[C@H]3S[C@]45C=CCN(C(C)(C)C)C(=O)C4N(CCCCCO)C(=O)[C@@H]5[C@H]3C2=O)cc1. The molecule has 1 aromatic carbocycles. The van der Waals surface area contributed by atoms with E-state index >= 15 is 0 Å². The number of unbranched alkanes of at least 4 members (excludes halogenated alkanes) is 2. The molecule has 1 unspecified atom stereocenters. The van der Waals surface area contributed by atoms with Gasteiger partial charge in [-0.2, -0.15) is 0 Å². The third-order valence-electron chi connectivity index (χ3n) is 8.49. The number of ether oxygens (including phenoxy) is 1. The highest BCUT2D eigenvalue weighted by Crippen LogP contribution is 2.61. The Kier molecular flexibility index (Phi) is 8.08. The van der Waals surface area contributed by atoms with E-state index in [0.717, 1.165) is 17.9 Å². The lowest BCUT2D eigenvalue weighted by Crippen LogP contribution is -2.57. The maximum Gasteiger partial charge on any atom is 0.247 e. The summed E-state index contributed by atoms with van der Waals surface area (Å²) in [5, 5.41) is 9.07. The number of carbonyl (C=O) groups excluding carboxylic acids is 3. The summed E-state index contributed by atoms with van der Waals surface area (Å²) in [6, 6.07) is 6.83. The highest BCUT2D eigenvalue weighted by Gasteiger charge is 2.71. The molecule has 0 bridgehead atoms. The minimum Gasteiger partial charge on any atom is -0.494 e. The summed E-state index contributed by atoms with van der Waals surface area (Å²) < 4.78 is 4.77. The van der Waals surface area contributed by atoms with Crippen LogP contribution in [0.15, 0.2) is 48.6 Å². The van der Waals surface area contributed by atoms with Gasteiger partial charge in [-0.3, -0.25) is 14.4 Å². The molecule has 4 aliphatic heterocycles. The molecular formula is C31H41N3O5S. The Morgan fingerprint density at radius 2 is 1.75 bits per heavy atom. The van der Waals surface area contributed by atoms with Gasteiger partial charge in [-0.15, -0.1) is 11.8 Å². The third kappa shape index (κ3) is 4.85. The van der Waals surface area contributed by atoms with Crippen molar-refractivity contribution in [2.24, 2.45) is 11.8 Å². The minimum absolute atomic E-state index is 0.0562. The molecule has 4 aliphatic rings. The number of aliphatic hydroxyl groups is 1. The average molecular weight is 568 g/mol. The summed E-state index contributed by atoms with van der Waals surface area (Å²) in [6.07, 6.45) is 10.3. The number of nitrogens with zero attached hydrogens (tertiary/aromatic N) is 3. The molecule has 8 nitrogen and oxygen atoms in total. The van der Waals surface area contributed by atoms with Gasteiger partial charge >= 0.3 is 0 Å². The molecule has 2 saturated heterocycles. The van der Waals surface area contributed by atoms with Crippen LogP contribution in [0, 0.1) is 11.8 Å². The van der Waals surface area contributed by atoms with Crippen molar-refractivity contribution in [1.82, 2.24) is 9.80 Å². The van der Waals surface area contributed by atoms with Crippen LogP contribution in [0.4, 0.5) is 5.69 Å². The molecule has 3 amide bonds. The molecule has 4 heterocycles. The van der Waals surface area contributed by atoms with Crippen LogP contribution in [0.1, 0.15) is 47.0 Å². The molecule has 5 rings (SSSR count). The Labute approximate surface area is 241 Å². The van der Waals surface area contributed by atoms with Gasteiger partial charge in [0.25, 0.3) is 0 Å². The number of likely N-dealkylation sites (tertiary alicyclic amines) is 1. The number of carbonyl (C=O) groups is 3. The Morgan fingerprint density at radius 3 is 2.42 bits per heavy atom. The number of hydrogen-bond acceptors (Lipinski definition) is 6. The minimum atomic E-state index is -0.817. The molecule has 1 spiro atoms. The lowest BCUT2D eigenvalue weighted by Gasteiger charge is -2.40. The summed E-state index contributed by atoms with van der Waals surface area (Å²) in [4.78, 5) is 48.3. The molecular weight excluding hydrogens is 526 g/mol. The molecule has 0 radical (unpaired) electrons. The van der Waals surface area contributed by atoms with Crippen LogP contribution in [-0.2, 0) is 14.4 Å². The molecule has 0 saturated carbocycles. The van der Waals surface area contributed by atoms with Crippen molar-refractivity contribution >= 4 is 35.2 Å². The van der Waals surface area contributed by atoms with E-state index in [0.29, 0.717) is 39.1 Å². The second-order valence-electron chi connectivity index (χ2n) is 12.0. The number of benzene rings is 1. The fourth-order valence-corrected chi connectivity index (χ4v) is 8.68. The van der Waals surface area contributed by atoms with Gasteiger partial charge in [0, 0.05) is 42.7 Å². The lowest BCUT2D eigenvalue weighted by molar-refractivity contribution is -0.145. The van der Waals surface area contributed by atoms with E-state index in [-0.39, 0.29) is 29.6 Å². The molecule has 1 N–H and O–H groups in total. The zero-order valence-corrected chi connectivity index (χ0v) is 24.7. The highest BCUT2D eigenvalue weighted by atomic mass is 32.2. The van der Waals surface area contributed by atoms with Gasteiger partial charge in [0.05, 0.1) is 23.2 Å². The van der Waals surface area contributed by atoms with Gasteiger partial charge < -0.3 is 24.5 Å². The average Bonchev–Trinajstić information content (AvgIpc) is 3.21. The zero-order chi connectivity index (χ0) is 28.7. The largest absolute Gasteiger partial charge is 0.494 e. The maximum absolute atomic E-state index is 14.3. The van der Waals surface area contributed by atoms with Crippen molar-refractivity contribution in [2.45, 2.75) is 68.5 Å². The van der Waals surface area contributed by atoms with Crippen LogP contribution in [-0.4, -0.2) is 87.1 Å². The first-order valence-corrected chi connectivity index (χ1v) is 15.3.